The van der Waals surface area contributed by atoms with Gasteiger partial charge in [-0.1, -0.05) is 13.3 Å². The van der Waals surface area contributed by atoms with Crippen LogP contribution in [0.3, 0.4) is 0 Å². The Morgan fingerprint density at radius 1 is 1.26 bits per heavy atom. The fourth-order valence-corrected chi connectivity index (χ4v) is 2.56. The molecule has 0 saturated heterocycles. The Bertz CT molecular complexity index is 379. The van der Waals surface area contributed by atoms with Gasteiger partial charge in [-0.25, -0.2) is 4.98 Å². The number of nitrogens with one attached hydrogen (secondary N) is 2. The van der Waals surface area contributed by atoms with Crippen molar-refractivity contribution in [1.29, 1.82) is 0 Å². The van der Waals surface area contributed by atoms with Crippen LogP contribution in [0.4, 0.5) is 0 Å². The van der Waals surface area contributed by atoms with Crippen molar-refractivity contribution < 1.29 is 0 Å². The summed E-state index contributed by atoms with van der Waals surface area (Å²) in [5.74, 6) is 0.918. The zero-order valence-electron chi connectivity index (χ0n) is 12.5. The van der Waals surface area contributed by atoms with E-state index in [-0.39, 0.29) is 0 Å². The zero-order valence-corrected chi connectivity index (χ0v) is 13.4. The maximum atomic E-state index is 4.55. The molecule has 0 radical (unpaired) electrons. The standard InChI is InChI=1S/C14H26N4S/c1-5-7-9-16-14(15-6-2)17-10-8-13-18-11(3)12(4)19-13/h5-10H2,1-4H3,(H2,15,16,17). The highest BCUT2D eigenvalue weighted by atomic mass is 32.1. The van der Waals surface area contributed by atoms with Gasteiger partial charge >= 0.3 is 0 Å². The highest BCUT2D eigenvalue weighted by Crippen LogP contribution is 2.16. The molecular weight excluding hydrogens is 256 g/mol. The molecule has 19 heavy (non-hydrogen) atoms. The van der Waals surface area contributed by atoms with E-state index < -0.39 is 0 Å². The number of unbranched alkanes of at least 4 members (excludes halogenated alkanes) is 1. The molecule has 5 heteroatoms. The van der Waals surface area contributed by atoms with Crippen molar-refractivity contribution in [2.45, 2.75) is 47.0 Å². The number of hydrogen-bond donors (Lipinski definition) is 2. The fraction of sp³-hybridized carbons (Fsp3) is 0.714. The number of aliphatic imine (C=N–C) groups is 1. The molecule has 0 unspecified atom stereocenters. The van der Waals surface area contributed by atoms with Crippen molar-refractivity contribution in [1.82, 2.24) is 15.6 Å². The number of guanidine groups is 1. The molecule has 0 aromatic carbocycles. The van der Waals surface area contributed by atoms with E-state index in [1.807, 2.05) is 0 Å². The minimum atomic E-state index is 0.879. The monoisotopic (exact) mass is 282 g/mol. The Hall–Kier alpha value is -1.10. The fourth-order valence-electron chi connectivity index (χ4n) is 1.62. The van der Waals surface area contributed by atoms with E-state index in [2.05, 4.69) is 48.3 Å². The van der Waals surface area contributed by atoms with Crippen molar-refractivity contribution in [2.75, 3.05) is 19.6 Å². The average Bonchev–Trinajstić information content (AvgIpc) is 2.69. The van der Waals surface area contributed by atoms with Gasteiger partial charge in [0, 0.05) is 30.9 Å². The lowest BCUT2D eigenvalue weighted by atomic mass is 10.3. The van der Waals surface area contributed by atoms with Crippen molar-refractivity contribution in [3.8, 4) is 0 Å². The van der Waals surface area contributed by atoms with Crippen LogP contribution in [0.1, 0.15) is 42.3 Å². The topological polar surface area (TPSA) is 49.3 Å². The Labute approximate surface area is 120 Å². The SMILES string of the molecule is CCCCN=C(NCC)NCCc1nc(C)c(C)s1. The molecule has 1 aromatic heterocycles. The number of aromatic nitrogens is 1. The third-order valence-corrected chi connectivity index (χ3v) is 3.96. The van der Waals surface area contributed by atoms with Gasteiger partial charge in [0.15, 0.2) is 5.96 Å². The van der Waals surface area contributed by atoms with Crippen LogP contribution in [0, 0.1) is 13.8 Å². The summed E-state index contributed by atoms with van der Waals surface area (Å²) in [6.07, 6.45) is 3.28. The third-order valence-electron chi connectivity index (χ3n) is 2.83. The van der Waals surface area contributed by atoms with Crippen LogP contribution in [0.15, 0.2) is 4.99 Å². The molecule has 108 valence electrons. The van der Waals surface area contributed by atoms with Gasteiger partial charge in [0.2, 0.25) is 0 Å². The van der Waals surface area contributed by atoms with Crippen LogP contribution < -0.4 is 10.6 Å². The molecule has 0 amide bonds. The molecule has 0 aliphatic rings. The number of hydrogen-bond acceptors (Lipinski definition) is 3. The molecule has 4 nitrogen and oxygen atoms in total. The second-order valence-electron chi connectivity index (χ2n) is 4.54. The minimum absolute atomic E-state index is 0.879. The number of thiazole rings is 1. The predicted octanol–water partition coefficient (Wildman–Crippen LogP) is 2.66. The van der Waals surface area contributed by atoms with E-state index in [0.717, 1.165) is 44.1 Å². The van der Waals surface area contributed by atoms with E-state index in [0.29, 0.717) is 0 Å². The minimum Gasteiger partial charge on any atom is -0.357 e. The summed E-state index contributed by atoms with van der Waals surface area (Å²) in [7, 11) is 0. The second-order valence-corrected chi connectivity index (χ2v) is 5.83. The van der Waals surface area contributed by atoms with Gasteiger partial charge in [0.25, 0.3) is 0 Å². The Morgan fingerprint density at radius 2 is 2.05 bits per heavy atom. The van der Waals surface area contributed by atoms with Gasteiger partial charge in [-0.05, 0) is 27.2 Å². The summed E-state index contributed by atoms with van der Waals surface area (Å²) in [6.45, 7) is 11.1. The molecule has 0 aliphatic carbocycles. The lowest BCUT2D eigenvalue weighted by molar-refractivity contribution is 0.766. The van der Waals surface area contributed by atoms with Crippen molar-refractivity contribution in [3.05, 3.63) is 15.6 Å². The van der Waals surface area contributed by atoms with E-state index >= 15 is 0 Å². The van der Waals surface area contributed by atoms with Crippen LogP contribution in [0.2, 0.25) is 0 Å². The number of nitrogens with zero attached hydrogens (tertiary/aromatic N) is 2. The summed E-state index contributed by atoms with van der Waals surface area (Å²) >= 11 is 1.79. The molecule has 2 N–H and O–H groups in total. The summed E-state index contributed by atoms with van der Waals surface area (Å²) in [5, 5.41) is 7.83. The molecule has 0 saturated carbocycles. The van der Waals surface area contributed by atoms with Gasteiger partial charge in [-0.2, -0.15) is 0 Å². The maximum absolute atomic E-state index is 4.55. The van der Waals surface area contributed by atoms with Crippen LogP contribution in [-0.4, -0.2) is 30.6 Å². The van der Waals surface area contributed by atoms with Gasteiger partial charge in [0.05, 0.1) is 10.7 Å². The lowest BCUT2D eigenvalue weighted by Crippen LogP contribution is -2.38. The zero-order chi connectivity index (χ0) is 14.1. The summed E-state index contributed by atoms with van der Waals surface area (Å²) in [4.78, 5) is 10.4. The normalized spacial score (nSPS) is 11.7. The highest BCUT2D eigenvalue weighted by molar-refractivity contribution is 7.11. The van der Waals surface area contributed by atoms with Crippen LogP contribution >= 0.6 is 11.3 Å². The molecule has 0 spiro atoms. The van der Waals surface area contributed by atoms with Crippen LogP contribution in [0.25, 0.3) is 0 Å². The van der Waals surface area contributed by atoms with E-state index in [1.54, 1.807) is 11.3 Å². The lowest BCUT2D eigenvalue weighted by Gasteiger charge is -2.10. The summed E-state index contributed by atoms with van der Waals surface area (Å²) < 4.78 is 0. The van der Waals surface area contributed by atoms with Gasteiger partial charge in [0.1, 0.15) is 0 Å². The Kier molecular flexibility index (Phi) is 7.48. The molecular formula is C14H26N4S. The van der Waals surface area contributed by atoms with Crippen LogP contribution in [0.5, 0.6) is 0 Å². The first kappa shape index (κ1) is 16.0. The summed E-state index contributed by atoms with van der Waals surface area (Å²) in [5.41, 5.74) is 1.16. The number of rotatable bonds is 7. The molecule has 1 heterocycles. The maximum Gasteiger partial charge on any atom is 0.191 e. The highest BCUT2D eigenvalue weighted by Gasteiger charge is 2.03. The van der Waals surface area contributed by atoms with Crippen molar-refractivity contribution in [2.24, 2.45) is 4.99 Å². The van der Waals surface area contributed by atoms with Gasteiger partial charge < -0.3 is 10.6 Å². The van der Waals surface area contributed by atoms with E-state index in [1.165, 1.54) is 16.3 Å². The first-order chi connectivity index (χ1) is 9.17. The predicted molar refractivity (Wildman–Crippen MR) is 84.2 cm³/mol. The van der Waals surface area contributed by atoms with Crippen molar-refractivity contribution in [3.63, 3.8) is 0 Å². The third kappa shape index (κ3) is 6.05. The van der Waals surface area contributed by atoms with Crippen LogP contribution in [-0.2, 0) is 6.42 Å². The molecule has 1 rings (SSSR count). The quantitative estimate of drug-likeness (QED) is 0.459. The first-order valence-electron chi connectivity index (χ1n) is 7.12. The van der Waals surface area contributed by atoms with Gasteiger partial charge in [-0.15, -0.1) is 11.3 Å². The smallest absolute Gasteiger partial charge is 0.191 e. The second kappa shape index (κ2) is 8.91. The Morgan fingerprint density at radius 3 is 2.63 bits per heavy atom. The average molecular weight is 282 g/mol. The van der Waals surface area contributed by atoms with Crippen molar-refractivity contribution >= 4 is 17.3 Å². The molecule has 0 aliphatic heterocycles. The summed E-state index contributed by atoms with van der Waals surface area (Å²) in [6, 6.07) is 0. The van der Waals surface area contributed by atoms with E-state index in [4.69, 9.17) is 0 Å². The molecule has 0 bridgehead atoms. The number of aryl methyl sites for hydroxylation is 2. The molecule has 0 atom stereocenters. The molecule has 0 fully saturated rings. The van der Waals surface area contributed by atoms with E-state index in [9.17, 15) is 0 Å². The largest absolute Gasteiger partial charge is 0.357 e. The first-order valence-corrected chi connectivity index (χ1v) is 7.94. The van der Waals surface area contributed by atoms with Gasteiger partial charge in [-0.3, -0.25) is 4.99 Å². The Balaban J connectivity index is 2.37. The molecule has 1 aromatic rings.